The summed E-state index contributed by atoms with van der Waals surface area (Å²) in [6.45, 7) is 4.91. The van der Waals surface area contributed by atoms with Gasteiger partial charge in [-0.1, -0.05) is 54.6 Å². The fraction of sp³-hybridized carbons (Fsp3) is 0.121. The summed E-state index contributed by atoms with van der Waals surface area (Å²) < 4.78 is 12.4. The molecule has 0 spiro atoms. The number of anilines is 1. The Morgan fingerprint density at radius 2 is 1.51 bits per heavy atom. The number of imide groups is 2. The third-order valence-corrected chi connectivity index (χ3v) is 7.30. The maximum atomic E-state index is 13.3. The lowest BCUT2D eigenvalue weighted by Crippen LogP contribution is -2.54. The molecule has 0 aliphatic carbocycles. The van der Waals surface area contributed by atoms with Crippen molar-refractivity contribution in [2.75, 3.05) is 4.90 Å². The zero-order valence-corrected chi connectivity index (χ0v) is 24.1. The molecule has 4 amide bonds. The number of barbiturate groups is 1. The SMILES string of the molecule is Cc1ccc(COc2ccc(/C=C3\C(=O)NC(=O)N(c4ccc(OCc5ccccc5)cc4)C3=O)cc2Br)cc1C. The van der Waals surface area contributed by atoms with Crippen LogP contribution in [-0.2, 0) is 22.8 Å². The first-order valence-corrected chi connectivity index (χ1v) is 13.7. The summed E-state index contributed by atoms with van der Waals surface area (Å²) >= 11 is 3.52. The molecule has 1 aliphatic rings. The quantitative estimate of drug-likeness (QED) is 0.173. The summed E-state index contributed by atoms with van der Waals surface area (Å²) in [6, 6.07) is 26.9. The lowest BCUT2D eigenvalue weighted by Gasteiger charge is -2.26. The highest BCUT2D eigenvalue weighted by Crippen LogP contribution is 2.29. The first-order chi connectivity index (χ1) is 19.8. The second-order valence-electron chi connectivity index (χ2n) is 9.62. The van der Waals surface area contributed by atoms with Gasteiger partial charge in [-0.2, -0.15) is 0 Å². The highest BCUT2D eigenvalue weighted by Gasteiger charge is 2.36. The Balaban J connectivity index is 1.29. The standard InChI is InChI=1S/C33H27BrN2O5/c1-21-8-9-25(16-22(21)2)20-41-30-15-10-24(18-29(30)34)17-28-31(37)35-33(39)36(32(28)38)26-11-13-27(14-12-26)40-19-23-6-4-3-5-7-23/h3-18H,19-20H2,1-2H3,(H,35,37,39)/b28-17+. The highest BCUT2D eigenvalue weighted by atomic mass is 79.9. The van der Waals surface area contributed by atoms with Crippen molar-refractivity contribution in [3.8, 4) is 11.5 Å². The van der Waals surface area contributed by atoms with E-state index in [0.29, 0.717) is 40.4 Å². The van der Waals surface area contributed by atoms with E-state index in [0.717, 1.165) is 16.0 Å². The van der Waals surface area contributed by atoms with Gasteiger partial charge in [0.25, 0.3) is 11.8 Å². The van der Waals surface area contributed by atoms with Crippen LogP contribution < -0.4 is 19.7 Å². The van der Waals surface area contributed by atoms with Gasteiger partial charge in [0.05, 0.1) is 10.2 Å². The second kappa shape index (κ2) is 12.2. The number of nitrogens with zero attached hydrogens (tertiary/aromatic N) is 1. The number of halogens is 1. The van der Waals surface area contributed by atoms with Crippen molar-refractivity contribution in [3.05, 3.63) is 129 Å². The number of ether oxygens (including phenoxy) is 2. The fourth-order valence-corrected chi connectivity index (χ4v) is 4.78. The molecule has 0 atom stereocenters. The van der Waals surface area contributed by atoms with Crippen molar-refractivity contribution >= 4 is 45.5 Å². The monoisotopic (exact) mass is 610 g/mol. The Kier molecular flexibility index (Phi) is 8.31. The molecule has 4 aromatic rings. The summed E-state index contributed by atoms with van der Waals surface area (Å²) in [7, 11) is 0. The van der Waals surface area contributed by atoms with Crippen molar-refractivity contribution in [2.24, 2.45) is 0 Å². The van der Waals surface area contributed by atoms with E-state index in [9.17, 15) is 14.4 Å². The van der Waals surface area contributed by atoms with Gasteiger partial charge in [-0.15, -0.1) is 0 Å². The Bertz CT molecular complexity index is 1650. The van der Waals surface area contributed by atoms with Crippen LogP contribution in [0.2, 0.25) is 0 Å². The van der Waals surface area contributed by atoms with Crippen LogP contribution in [0.15, 0.2) is 101 Å². The average molecular weight is 611 g/mol. The normalized spacial score (nSPS) is 14.3. The van der Waals surface area contributed by atoms with E-state index in [1.165, 1.54) is 17.2 Å². The van der Waals surface area contributed by atoms with Gasteiger partial charge >= 0.3 is 6.03 Å². The lowest BCUT2D eigenvalue weighted by molar-refractivity contribution is -0.122. The summed E-state index contributed by atoms with van der Waals surface area (Å²) in [5.41, 5.74) is 5.23. The third-order valence-electron chi connectivity index (χ3n) is 6.68. The van der Waals surface area contributed by atoms with Crippen LogP contribution in [0.3, 0.4) is 0 Å². The lowest BCUT2D eigenvalue weighted by atomic mass is 10.1. The molecule has 0 bridgehead atoms. The topological polar surface area (TPSA) is 84.9 Å². The number of hydrogen-bond acceptors (Lipinski definition) is 5. The van der Waals surface area contributed by atoms with E-state index in [2.05, 4.69) is 47.2 Å². The smallest absolute Gasteiger partial charge is 0.335 e. The predicted molar refractivity (Wildman–Crippen MR) is 161 cm³/mol. The number of carbonyl (C=O) groups is 3. The number of aryl methyl sites for hydroxylation is 2. The van der Waals surface area contributed by atoms with Crippen LogP contribution in [0.5, 0.6) is 11.5 Å². The first-order valence-electron chi connectivity index (χ1n) is 13.0. The third kappa shape index (κ3) is 6.56. The van der Waals surface area contributed by atoms with Gasteiger partial charge in [0, 0.05) is 0 Å². The molecule has 5 rings (SSSR count). The van der Waals surface area contributed by atoms with E-state index in [1.807, 2.05) is 36.4 Å². The Labute approximate surface area is 246 Å². The molecule has 1 N–H and O–H groups in total. The number of urea groups is 1. The molecular weight excluding hydrogens is 584 g/mol. The summed E-state index contributed by atoms with van der Waals surface area (Å²) in [6.07, 6.45) is 1.45. The number of benzene rings is 4. The minimum absolute atomic E-state index is 0.162. The Hall–Kier alpha value is -4.69. The molecule has 1 aliphatic heterocycles. The zero-order valence-electron chi connectivity index (χ0n) is 22.5. The maximum absolute atomic E-state index is 13.3. The van der Waals surface area contributed by atoms with Gasteiger partial charge in [-0.3, -0.25) is 14.9 Å². The molecule has 1 saturated heterocycles. The predicted octanol–water partition coefficient (Wildman–Crippen LogP) is 6.89. The van der Waals surface area contributed by atoms with Crippen molar-refractivity contribution in [1.29, 1.82) is 0 Å². The van der Waals surface area contributed by atoms with Crippen LogP contribution >= 0.6 is 15.9 Å². The number of carbonyl (C=O) groups excluding carboxylic acids is 3. The Morgan fingerprint density at radius 3 is 2.22 bits per heavy atom. The minimum atomic E-state index is -0.814. The minimum Gasteiger partial charge on any atom is -0.489 e. The average Bonchev–Trinajstić information content (AvgIpc) is 2.96. The molecule has 8 heteroatoms. The van der Waals surface area contributed by atoms with Gasteiger partial charge in [-0.25, -0.2) is 9.69 Å². The van der Waals surface area contributed by atoms with Gasteiger partial charge in [-0.05, 0) is 100 Å². The van der Waals surface area contributed by atoms with Crippen LogP contribution in [0, 0.1) is 13.8 Å². The van der Waals surface area contributed by atoms with Gasteiger partial charge in [0.2, 0.25) is 0 Å². The number of amides is 4. The molecule has 1 fully saturated rings. The van der Waals surface area contributed by atoms with Crippen molar-refractivity contribution in [3.63, 3.8) is 0 Å². The van der Waals surface area contributed by atoms with Gasteiger partial charge < -0.3 is 9.47 Å². The number of hydrogen-bond donors (Lipinski definition) is 1. The van der Waals surface area contributed by atoms with Gasteiger partial charge in [0.15, 0.2) is 0 Å². The Morgan fingerprint density at radius 1 is 0.780 bits per heavy atom. The second-order valence-corrected chi connectivity index (χ2v) is 10.5. The molecule has 4 aromatic carbocycles. The highest BCUT2D eigenvalue weighted by molar-refractivity contribution is 9.10. The number of nitrogens with one attached hydrogen (secondary N) is 1. The van der Waals surface area contributed by atoms with Crippen molar-refractivity contribution in [1.82, 2.24) is 5.32 Å². The molecular formula is C33H27BrN2O5. The van der Waals surface area contributed by atoms with Crippen molar-refractivity contribution < 1.29 is 23.9 Å². The first kappa shape index (κ1) is 27.9. The van der Waals surface area contributed by atoms with Crippen LogP contribution in [-0.4, -0.2) is 17.8 Å². The maximum Gasteiger partial charge on any atom is 0.335 e. The molecule has 41 heavy (non-hydrogen) atoms. The summed E-state index contributed by atoms with van der Waals surface area (Å²) in [4.78, 5) is 39.5. The molecule has 0 radical (unpaired) electrons. The van der Waals surface area contributed by atoms with Gasteiger partial charge in [0.1, 0.15) is 30.3 Å². The van der Waals surface area contributed by atoms with E-state index >= 15 is 0 Å². The fourth-order valence-electron chi connectivity index (χ4n) is 4.27. The molecule has 0 unspecified atom stereocenters. The number of rotatable bonds is 8. The van der Waals surface area contributed by atoms with Crippen LogP contribution in [0.25, 0.3) is 6.08 Å². The molecule has 206 valence electrons. The van der Waals surface area contributed by atoms with E-state index in [1.54, 1.807) is 42.5 Å². The van der Waals surface area contributed by atoms with E-state index in [4.69, 9.17) is 9.47 Å². The summed E-state index contributed by atoms with van der Waals surface area (Å²) in [5.74, 6) is -0.275. The molecule has 1 heterocycles. The van der Waals surface area contributed by atoms with Crippen molar-refractivity contribution in [2.45, 2.75) is 27.1 Å². The molecule has 0 saturated carbocycles. The van der Waals surface area contributed by atoms with Crippen LogP contribution in [0.4, 0.5) is 10.5 Å². The summed E-state index contributed by atoms with van der Waals surface area (Å²) in [5, 5.41) is 2.25. The van der Waals surface area contributed by atoms with E-state index in [-0.39, 0.29) is 5.57 Å². The molecule has 7 nitrogen and oxygen atoms in total. The zero-order chi connectivity index (χ0) is 28.9. The van der Waals surface area contributed by atoms with Crippen LogP contribution in [0.1, 0.15) is 27.8 Å². The molecule has 0 aromatic heterocycles. The van der Waals surface area contributed by atoms with E-state index < -0.39 is 17.8 Å². The largest absolute Gasteiger partial charge is 0.489 e.